The zero-order valence-electron chi connectivity index (χ0n) is 9.96. The zero-order valence-corrected chi connectivity index (χ0v) is 9.96. The first-order chi connectivity index (χ1) is 6.79. The minimum Gasteiger partial charge on any atom is -0.466 e. The lowest BCUT2D eigenvalue weighted by Crippen LogP contribution is -2.29. The van der Waals surface area contributed by atoms with Gasteiger partial charge < -0.3 is 9.47 Å². The number of ether oxygens (including phenoxy) is 2. The van der Waals surface area contributed by atoms with Crippen LogP contribution in [0, 0.1) is 0 Å². The molecule has 0 bridgehead atoms. The van der Waals surface area contributed by atoms with Crippen LogP contribution in [0.2, 0.25) is 0 Å². The molecule has 0 radical (unpaired) electrons. The highest BCUT2D eigenvalue weighted by atomic mass is 16.5. The first kappa shape index (κ1) is 12.0. The summed E-state index contributed by atoms with van der Waals surface area (Å²) in [6.45, 7) is 7.97. The van der Waals surface area contributed by atoms with Crippen molar-refractivity contribution in [1.82, 2.24) is 0 Å². The highest BCUT2D eigenvalue weighted by molar-refractivity contribution is 5.82. The molecule has 1 unspecified atom stereocenters. The van der Waals surface area contributed by atoms with Gasteiger partial charge in [0.15, 0.2) is 0 Å². The second-order valence-electron chi connectivity index (χ2n) is 4.48. The molecule has 3 heteroatoms. The molecule has 15 heavy (non-hydrogen) atoms. The van der Waals surface area contributed by atoms with E-state index in [1.54, 1.807) is 6.08 Å². The Morgan fingerprint density at radius 3 is 2.47 bits per heavy atom. The Balaban J connectivity index is 2.81. The van der Waals surface area contributed by atoms with Crippen LogP contribution in [-0.2, 0) is 14.3 Å². The lowest BCUT2D eigenvalue weighted by Gasteiger charge is -2.26. The summed E-state index contributed by atoms with van der Waals surface area (Å²) in [5.41, 5.74) is 0.385. The van der Waals surface area contributed by atoms with Gasteiger partial charge in [0.25, 0.3) is 0 Å². The van der Waals surface area contributed by atoms with Crippen molar-refractivity contribution in [2.75, 3.05) is 7.11 Å². The predicted molar refractivity (Wildman–Crippen MR) is 58.5 cm³/mol. The van der Waals surface area contributed by atoms with E-state index < -0.39 is 5.60 Å². The minimum atomic E-state index is -0.512. The third kappa shape index (κ3) is 2.69. The molecule has 0 saturated heterocycles. The Bertz CT molecular complexity index is 326. The van der Waals surface area contributed by atoms with Crippen molar-refractivity contribution in [3.63, 3.8) is 0 Å². The van der Waals surface area contributed by atoms with Crippen LogP contribution in [0.15, 0.2) is 23.8 Å². The summed E-state index contributed by atoms with van der Waals surface area (Å²) in [4.78, 5) is 11.0. The van der Waals surface area contributed by atoms with Crippen molar-refractivity contribution in [3.05, 3.63) is 23.8 Å². The molecule has 0 fully saturated rings. The Kier molecular flexibility index (Phi) is 3.05. The number of methoxy groups -OCH3 is 1. The molecule has 1 atom stereocenters. The molecule has 1 aliphatic heterocycles. The van der Waals surface area contributed by atoms with Crippen LogP contribution in [0.4, 0.5) is 0 Å². The van der Waals surface area contributed by atoms with Gasteiger partial charge in [0.05, 0.1) is 12.7 Å². The molecule has 1 aliphatic rings. The number of rotatable bonds is 2. The lowest BCUT2D eigenvalue weighted by molar-refractivity contribution is -0.135. The topological polar surface area (TPSA) is 35.5 Å². The summed E-state index contributed by atoms with van der Waals surface area (Å²) in [6.07, 6.45) is 5.13. The van der Waals surface area contributed by atoms with E-state index in [4.69, 9.17) is 4.74 Å². The largest absolute Gasteiger partial charge is 0.466 e. The highest BCUT2D eigenvalue weighted by Gasteiger charge is 2.37. The van der Waals surface area contributed by atoms with E-state index in [1.807, 2.05) is 33.8 Å². The molecule has 0 aromatic carbocycles. The Hall–Kier alpha value is -1.09. The SMILES string of the molecule is COC(=O)/C=C/C1(C)C=C(C)C(C)(C)O1. The van der Waals surface area contributed by atoms with E-state index in [2.05, 4.69) is 4.74 Å². The second-order valence-corrected chi connectivity index (χ2v) is 4.48. The quantitative estimate of drug-likeness (QED) is 0.398. The second kappa shape index (κ2) is 3.81. The van der Waals surface area contributed by atoms with Crippen molar-refractivity contribution in [3.8, 4) is 0 Å². The van der Waals surface area contributed by atoms with E-state index in [0.29, 0.717) is 0 Å². The lowest BCUT2D eigenvalue weighted by atomic mass is 10.00. The summed E-state index contributed by atoms with van der Waals surface area (Å²) < 4.78 is 10.4. The Labute approximate surface area is 90.8 Å². The average molecular weight is 210 g/mol. The number of hydrogen-bond donors (Lipinski definition) is 0. The standard InChI is InChI=1S/C12H18O3/c1-9-8-12(4,15-11(9,2)3)7-6-10(13)14-5/h6-8H,1-5H3/b7-6+. The van der Waals surface area contributed by atoms with Gasteiger partial charge >= 0.3 is 5.97 Å². The molecule has 0 N–H and O–H groups in total. The minimum absolute atomic E-state index is 0.269. The van der Waals surface area contributed by atoms with E-state index in [0.717, 1.165) is 0 Å². The number of esters is 1. The van der Waals surface area contributed by atoms with Crippen LogP contribution in [0.25, 0.3) is 0 Å². The van der Waals surface area contributed by atoms with Crippen LogP contribution in [0.1, 0.15) is 27.7 Å². The van der Waals surface area contributed by atoms with E-state index in [-0.39, 0.29) is 11.6 Å². The van der Waals surface area contributed by atoms with Gasteiger partial charge in [-0.25, -0.2) is 4.79 Å². The summed E-state index contributed by atoms with van der Waals surface area (Å²) >= 11 is 0. The predicted octanol–water partition coefficient (Wildman–Crippen LogP) is 2.23. The molecule has 0 amide bonds. The number of carbonyl (C=O) groups excluding carboxylic acids is 1. The summed E-state index contributed by atoms with van der Waals surface area (Å²) in [7, 11) is 1.36. The van der Waals surface area contributed by atoms with Crippen LogP contribution < -0.4 is 0 Å². The maximum atomic E-state index is 11.0. The highest BCUT2D eigenvalue weighted by Crippen LogP contribution is 2.37. The first-order valence-corrected chi connectivity index (χ1v) is 4.96. The van der Waals surface area contributed by atoms with E-state index in [9.17, 15) is 4.79 Å². The smallest absolute Gasteiger partial charge is 0.330 e. The van der Waals surface area contributed by atoms with Gasteiger partial charge in [-0.15, -0.1) is 0 Å². The van der Waals surface area contributed by atoms with Gasteiger partial charge in [0.2, 0.25) is 0 Å². The summed E-state index contributed by atoms with van der Waals surface area (Å²) in [6, 6.07) is 0. The fraction of sp³-hybridized carbons (Fsp3) is 0.583. The average Bonchev–Trinajstić information content (AvgIpc) is 2.33. The Morgan fingerprint density at radius 2 is 2.07 bits per heavy atom. The molecule has 84 valence electrons. The van der Waals surface area contributed by atoms with Gasteiger partial charge in [-0.05, 0) is 45.4 Å². The van der Waals surface area contributed by atoms with Gasteiger partial charge in [0.1, 0.15) is 5.60 Å². The monoisotopic (exact) mass is 210 g/mol. The van der Waals surface area contributed by atoms with Crippen molar-refractivity contribution >= 4 is 5.97 Å². The molecule has 0 spiro atoms. The molecule has 0 aromatic heterocycles. The molecular formula is C12H18O3. The van der Waals surface area contributed by atoms with Crippen molar-refractivity contribution in [2.24, 2.45) is 0 Å². The summed E-state index contributed by atoms with van der Waals surface area (Å²) in [5.74, 6) is -0.365. The first-order valence-electron chi connectivity index (χ1n) is 4.96. The van der Waals surface area contributed by atoms with E-state index in [1.165, 1.54) is 18.8 Å². The third-order valence-electron chi connectivity index (χ3n) is 2.68. The fourth-order valence-electron chi connectivity index (χ4n) is 1.65. The molecule has 0 aliphatic carbocycles. The third-order valence-corrected chi connectivity index (χ3v) is 2.68. The maximum absolute atomic E-state index is 11.0. The normalized spacial score (nSPS) is 29.3. The fourth-order valence-corrected chi connectivity index (χ4v) is 1.65. The molecule has 3 nitrogen and oxygen atoms in total. The van der Waals surface area contributed by atoms with Crippen LogP contribution in [0.5, 0.6) is 0 Å². The van der Waals surface area contributed by atoms with Crippen molar-refractivity contribution in [2.45, 2.75) is 38.9 Å². The van der Waals surface area contributed by atoms with Crippen LogP contribution in [-0.4, -0.2) is 24.3 Å². The van der Waals surface area contributed by atoms with Crippen LogP contribution in [0.3, 0.4) is 0 Å². The molecule has 0 aromatic rings. The molecule has 0 saturated carbocycles. The van der Waals surface area contributed by atoms with Crippen molar-refractivity contribution in [1.29, 1.82) is 0 Å². The van der Waals surface area contributed by atoms with Gasteiger partial charge in [0, 0.05) is 6.08 Å². The molecule has 1 heterocycles. The summed E-state index contributed by atoms with van der Waals surface area (Å²) in [5, 5.41) is 0. The molecular weight excluding hydrogens is 192 g/mol. The van der Waals surface area contributed by atoms with Gasteiger partial charge in [-0.1, -0.05) is 0 Å². The van der Waals surface area contributed by atoms with Crippen LogP contribution >= 0.6 is 0 Å². The number of hydrogen-bond acceptors (Lipinski definition) is 3. The molecule has 1 rings (SSSR count). The van der Waals surface area contributed by atoms with Gasteiger partial charge in [-0.2, -0.15) is 0 Å². The Morgan fingerprint density at radius 1 is 1.47 bits per heavy atom. The maximum Gasteiger partial charge on any atom is 0.330 e. The van der Waals surface area contributed by atoms with Gasteiger partial charge in [-0.3, -0.25) is 0 Å². The van der Waals surface area contributed by atoms with E-state index >= 15 is 0 Å². The van der Waals surface area contributed by atoms with Crippen molar-refractivity contribution < 1.29 is 14.3 Å². The zero-order chi connectivity index (χ0) is 11.7. The number of carbonyl (C=O) groups is 1.